The van der Waals surface area contributed by atoms with E-state index in [1.807, 2.05) is 19.1 Å². The molecule has 1 aromatic rings. The average molecular weight is 190 g/mol. The van der Waals surface area contributed by atoms with Crippen molar-refractivity contribution in [1.82, 2.24) is 0 Å². The highest BCUT2D eigenvalue weighted by Crippen LogP contribution is 2.26. The largest absolute Gasteiger partial charge is 0.455 e. The molecule has 0 radical (unpaired) electrons. The number of aldehydes is 1. The Morgan fingerprint density at radius 1 is 1.29 bits per heavy atom. The highest BCUT2D eigenvalue weighted by molar-refractivity contribution is 5.75. The number of rotatable bonds is 2. The predicted octanol–water partition coefficient (Wildman–Crippen LogP) is 2.32. The summed E-state index contributed by atoms with van der Waals surface area (Å²) < 4.78 is 10.4. The van der Waals surface area contributed by atoms with E-state index in [-0.39, 0.29) is 6.29 Å². The van der Waals surface area contributed by atoms with Crippen LogP contribution in [0, 0.1) is 6.92 Å². The Bertz CT molecular complexity index is 374. The monoisotopic (exact) mass is 190 g/mol. The van der Waals surface area contributed by atoms with Crippen molar-refractivity contribution in [2.45, 2.75) is 13.2 Å². The van der Waals surface area contributed by atoms with Crippen LogP contribution in [0.1, 0.15) is 27.8 Å². The standard InChI is InChI=1S/C11H10O3/c1-8-6-9(7-12)2-3-10(8)11-13-4-5-14-11/h2-7,11H,1H3. The Hall–Kier alpha value is -1.77. The van der Waals surface area contributed by atoms with Gasteiger partial charge in [0.25, 0.3) is 6.29 Å². The summed E-state index contributed by atoms with van der Waals surface area (Å²) in [6, 6.07) is 5.41. The fourth-order valence-electron chi connectivity index (χ4n) is 1.42. The fourth-order valence-corrected chi connectivity index (χ4v) is 1.42. The van der Waals surface area contributed by atoms with Gasteiger partial charge in [0, 0.05) is 11.1 Å². The second-order valence-electron chi connectivity index (χ2n) is 3.11. The Balaban J connectivity index is 2.30. The molecular formula is C11H10O3. The zero-order valence-corrected chi connectivity index (χ0v) is 7.77. The molecule has 72 valence electrons. The minimum Gasteiger partial charge on any atom is -0.455 e. The summed E-state index contributed by atoms with van der Waals surface area (Å²) in [6.45, 7) is 1.92. The van der Waals surface area contributed by atoms with Gasteiger partial charge in [-0.1, -0.05) is 12.1 Å². The molecule has 1 aliphatic rings. The highest BCUT2D eigenvalue weighted by Gasteiger charge is 2.17. The molecule has 2 rings (SSSR count). The van der Waals surface area contributed by atoms with Gasteiger partial charge < -0.3 is 9.47 Å². The van der Waals surface area contributed by atoms with Gasteiger partial charge in [-0.3, -0.25) is 4.79 Å². The second kappa shape index (κ2) is 3.54. The summed E-state index contributed by atoms with van der Waals surface area (Å²) in [6.07, 6.45) is 3.48. The number of ether oxygens (including phenoxy) is 2. The van der Waals surface area contributed by atoms with E-state index in [9.17, 15) is 4.79 Å². The van der Waals surface area contributed by atoms with Crippen LogP contribution in [-0.2, 0) is 9.47 Å². The maximum Gasteiger partial charge on any atom is 0.266 e. The third kappa shape index (κ3) is 1.48. The molecule has 0 spiro atoms. The van der Waals surface area contributed by atoms with E-state index in [1.54, 1.807) is 6.07 Å². The summed E-state index contributed by atoms with van der Waals surface area (Å²) in [5.74, 6) is 0. The second-order valence-corrected chi connectivity index (χ2v) is 3.11. The van der Waals surface area contributed by atoms with Crippen LogP contribution >= 0.6 is 0 Å². The number of hydrogen-bond donors (Lipinski definition) is 0. The summed E-state index contributed by atoms with van der Waals surface area (Å²) in [7, 11) is 0. The van der Waals surface area contributed by atoms with Gasteiger partial charge in [-0.25, -0.2) is 0 Å². The minimum atomic E-state index is -0.365. The van der Waals surface area contributed by atoms with Crippen molar-refractivity contribution in [3.63, 3.8) is 0 Å². The molecule has 3 heteroatoms. The van der Waals surface area contributed by atoms with Crippen molar-refractivity contribution in [2.24, 2.45) is 0 Å². The van der Waals surface area contributed by atoms with Crippen LogP contribution in [0.3, 0.4) is 0 Å². The normalized spacial score (nSPS) is 14.9. The maximum absolute atomic E-state index is 10.5. The first-order valence-electron chi connectivity index (χ1n) is 4.33. The summed E-state index contributed by atoms with van der Waals surface area (Å²) in [5.41, 5.74) is 2.60. The Morgan fingerprint density at radius 2 is 2.00 bits per heavy atom. The van der Waals surface area contributed by atoms with Crippen molar-refractivity contribution in [3.8, 4) is 0 Å². The lowest BCUT2D eigenvalue weighted by atomic mass is 10.1. The molecule has 0 aromatic heterocycles. The van der Waals surface area contributed by atoms with Crippen LogP contribution in [0.5, 0.6) is 0 Å². The van der Waals surface area contributed by atoms with Gasteiger partial charge in [-0.2, -0.15) is 0 Å². The van der Waals surface area contributed by atoms with E-state index in [4.69, 9.17) is 9.47 Å². The van der Waals surface area contributed by atoms with Gasteiger partial charge in [-0.15, -0.1) is 0 Å². The molecule has 0 bridgehead atoms. The molecule has 0 saturated carbocycles. The van der Waals surface area contributed by atoms with Crippen LogP contribution < -0.4 is 0 Å². The number of carbonyl (C=O) groups is 1. The van der Waals surface area contributed by atoms with Gasteiger partial charge in [0.05, 0.1) is 0 Å². The topological polar surface area (TPSA) is 35.5 Å². The third-order valence-electron chi connectivity index (χ3n) is 2.14. The highest BCUT2D eigenvalue weighted by atomic mass is 16.7. The first-order chi connectivity index (χ1) is 6.81. The molecule has 1 heterocycles. The minimum absolute atomic E-state index is 0.365. The van der Waals surface area contributed by atoms with E-state index in [0.717, 1.165) is 17.4 Å². The van der Waals surface area contributed by atoms with Gasteiger partial charge in [-0.05, 0) is 18.6 Å². The van der Waals surface area contributed by atoms with E-state index >= 15 is 0 Å². The van der Waals surface area contributed by atoms with E-state index in [0.29, 0.717) is 5.56 Å². The molecule has 0 amide bonds. The van der Waals surface area contributed by atoms with Gasteiger partial charge in [0.2, 0.25) is 0 Å². The van der Waals surface area contributed by atoms with E-state index in [2.05, 4.69) is 0 Å². The molecule has 3 nitrogen and oxygen atoms in total. The van der Waals surface area contributed by atoms with Crippen molar-refractivity contribution in [2.75, 3.05) is 0 Å². The van der Waals surface area contributed by atoms with Crippen LogP contribution in [0.2, 0.25) is 0 Å². The third-order valence-corrected chi connectivity index (χ3v) is 2.14. The molecule has 0 saturated heterocycles. The summed E-state index contributed by atoms with van der Waals surface area (Å²) in [4.78, 5) is 10.5. The lowest BCUT2D eigenvalue weighted by Gasteiger charge is -2.13. The molecule has 0 unspecified atom stereocenters. The van der Waals surface area contributed by atoms with Crippen molar-refractivity contribution in [1.29, 1.82) is 0 Å². The molecular weight excluding hydrogens is 180 g/mol. The quantitative estimate of drug-likeness (QED) is 0.671. The molecule has 0 N–H and O–H groups in total. The van der Waals surface area contributed by atoms with Gasteiger partial charge >= 0.3 is 0 Å². The molecule has 0 atom stereocenters. The van der Waals surface area contributed by atoms with Gasteiger partial charge in [0.1, 0.15) is 18.8 Å². The zero-order chi connectivity index (χ0) is 9.97. The Morgan fingerprint density at radius 3 is 2.57 bits per heavy atom. The van der Waals surface area contributed by atoms with Gasteiger partial charge in [0.15, 0.2) is 0 Å². The smallest absolute Gasteiger partial charge is 0.266 e. The number of hydrogen-bond acceptors (Lipinski definition) is 3. The lowest BCUT2D eigenvalue weighted by Crippen LogP contribution is -2.01. The molecule has 0 fully saturated rings. The number of aryl methyl sites for hydroxylation is 1. The first kappa shape index (κ1) is 8.81. The van der Waals surface area contributed by atoms with Crippen molar-refractivity contribution in [3.05, 3.63) is 47.4 Å². The average Bonchev–Trinajstić information content (AvgIpc) is 2.70. The Labute approximate surface area is 81.9 Å². The lowest BCUT2D eigenvalue weighted by molar-refractivity contribution is -0.0250. The Kier molecular flexibility index (Phi) is 2.23. The van der Waals surface area contributed by atoms with Crippen molar-refractivity contribution < 1.29 is 14.3 Å². The van der Waals surface area contributed by atoms with Crippen LogP contribution in [-0.4, -0.2) is 6.29 Å². The van der Waals surface area contributed by atoms with E-state index in [1.165, 1.54) is 12.5 Å². The van der Waals surface area contributed by atoms with Crippen molar-refractivity contribution >= 4 is 6.29 Å². The van der Waals surface area contributed by atoms with E-state index < -0.39 is 0 Å². The SMILES string of the molecule is Cc1cc(C=O)ccc1C1OC=CO1. The first-order valence-corrected chi connectivity index (χ1v) is 4.33. The zero-order valence-electron chi connectivity index (χ0n) is 7.77. The fraction of sp³-hybridized carbons (Fsp3) is 0.182. The van der Waals surface area contributed by atoms with Crippen LogP contribution in [0.4, 0.5) is 0 Å². The summed E-state index contributed by atoms with van der Waals surface area (Å²) >= 11 is 0. The molecule has 1 aromatic carbocycles. The molecule has 1 aliphatic heterocycles. The maximum atomic E-state index is 10.5. The molecule has 14 heavy (non-hydrogen) atoms. The summed E-state index contributed by atoms with van der Waals surface area (Å²) in [5, 5.41) is 0. The number of carbonyl (C=O) groups excluding carboxylic acids is 1. The molecule has 0 aliphatic carbocycles. The van der Waals surface area contributed by atoms with Crippen LogP contribution in [0.25, 0.3) is 0 Å². The van der Waals surface area contributed by atoms with Crippen LogP contribution in [0.15, 0.2) is 30.7 Å². The predicted molar refractivity (Wildman–Crippen MR) is 50.6 cm³/mol. The number of benzene rings is 1.